The number of rotatable bonds is 6. The number of carbonyl (C=O) groups excluding carboxylic acids is 1. The summed E-state index contributed by atoms with van der Waals surface area (Å²) in [5.74, 6) is -1.76. The highest BCUT2D eigenvalue weighted by Crippen LogP contribution is 2.16. The summed E-state index contributed by atoms with van der Waals surface area (Å²) in [7, 11) is 0. The molecule has 1 fully saturated rings. The molecule has 156 valence electrons. The minimum absolute atomic E-state index is 0.142. The van der Waals surface area contributed by atoms with Crippen LogP contribution in [0.2, 0.25) is 0 Å². The van der Waals surface area contributed by atoms with Crippen LogP contribution in [0.25, 0.3) is 0 Å². The number of quaternary nitrogens is 1. The standard InChI is InChI=1S/C23H23F2N3O2/c24-18-8-4-9-19(25)22(18)23(29)26-16-20(21-10-5-15-30-21)28-13-11-27(12-14-28)17-6-2-1-3-7-17/h1-10,15,20H,11-14,16H2,(H,26,29)/p+1/t20-/m1/s1. The topological polar surface area (TPSA) is 49.9 Å². The molecule has 30 heavy (non-hydrogen) atoms. The van der Waals surface area contributed by atoms with Crippen molar-refractivity contribution in [3.8, 4) is 0 Å². The van der Waals surface area contributed by atoms with Crippen molar-refractivity contribution in [1.29, 1.82) is 0 Å². The van der Waals surface area contributed by atoms with Crippen LogP contribution in [0.4, 0.5) is 14.5 Å². The average Bonchev–Trinajstić information content (AvgIpc) is 3.29. The fourth-order valence-electron chi connectivity index (χ4n) is 3.97. The van der Waals surface area contributed by atoms with Crippen LogP contribution < -0.4 is 15.1 Å². The fraction of sp³-hybridized carbons (Fsp3) is 0.261. The molecule has 2 N–H and O–H groups in total. The highest BCUT2D eigenvalue weighted by atomic mass is 19.1. The van der Waals surface area contributed by atoms with E-state index in [2.05, 4.69) is 22.3 Å². The second-order valence-corrected chi connectivity index (χ2v) is 7.36. The molecule has 2 aromatic carbocycles. The maximum atomic E-state index is 13.9. The van der Waals surface area contributed by atoms with Gasteiger partial charge in [0.1, 0.15) is 17.2 Å². The SMILES string of the molecule is O=C(NC[C@H](c1ccco1)[NH+]1CCN(c2ccccc2)CC1)c1c(F)cccc1F. The smallest absolute Gasteiger partial charge is 0.257 e. The molecule has 0 spiro atoms. The van der Waals surface area contributed by atoms with Gasteiger partial charge in [0.25, 0.3) is 5.91 Å². The second-order valence-electron chi connectivity index (χ2n) is 7.36. The number of amides is 1. The molecule has 0 saturated carbocycles. The number of halogens is 2. The number of furan rings is 1. The van der Waals surface area contributed by atoms with E-state index in [4.69, 9.17) is 4.42 Å². The third kappa shape index (κ3) is 4.36. The number of nitrogens with zero attached hydrogens (tertiary/aromatic N) is 1. The Labute approximate surface area is 173 Å². The zero-order chi connectivity index (χ0) is 20.9. The Morgan fingerprint density at radius 2 is 1.70 bits per heavy atom. The van der Waals surface area contributed by atoms with Crippen molar-refractivity contribution in [2.45, 2.75) is 6.04 Å². The van der Waals surface area contributed by atoms with Crippen molar-refractivity contribution in [2.75, 3.05) is 37.6 Å². The Morgan fingerprint density at radius 1 is 1.00 bits per heavy atom. The summed E-state index contributed by atoms with van der Waals surface area (Å²) >= 11 is 0. The highest BCUT2D eigenvalue weighted by molar-refractivity contribution is 5.94. The number of piperazine rings is 1. The Kier molecular flexibility index (Phi) is 6.09. The van der Waals surface area contributed by atoms with Crippen molar-refractivity contribution in [1.82, 2.24) is 5.32 Å². The van der Waals surface area contributed by atoms with Gasteiger partial charge < -0.3 is 19.5 Å². The molecule has 1 saturated heterocycles. The molecule has 0 bridgehead atoms. The first-order valence-electron chi connectivity index (χ1n) is 10.0. The number of carbonyl (C=O) groups is 1. The number of hydrogen-bond acceptors (Lipinski definition) is 3. The van der Waals surface area contributed by atoms with E-state index in [1.165, 1.54) is 16.7 Å². The van der Waals surface area contributed by atoms with Gasteiger partial charge in [-0.05, 0) is 36.4 Å². The molecule has 1 aromatic heterocycles. The quantitative estimate of drug-likeness (QED) is 0.654. The summed E-state index contributed by atoms with van der Waals surface area (Å²) in [6.45, 7) is 3.66. The van der Waals surface area contributed by atoms with Crippen LogP contribution in [-0.2, 0) is 0 Å². The van der Waals surface area contributed by atoms with Gasteiger partial charge in [-0.3, -0.25) is 4.79 Å². The minimum atomic E-state index is -0.870. The van der Waals surface area contributed by atoms with Crippen molar-refractivity contribution in [2.24, 2.45) is 0 Å². The van der Waals surface area contributed by atoms with Crippen molar-refractivity contribution in [3.63, 3.8) is 0 Å². The molecular formula is C23H24F2N3O2+. The van der Waals surface area contributed by atoms with E-state index < -0.39 is 23.1 Å². The van der Waals surface area contributed by atoms with Gasteiger partial charge in [-0.25, -0.2) is 8.78 Å². The maximum Gasteiger partial charge on any atom is 0.257 e. The number of nitrogens with one attached hydrogen (secondary N) is 2. The summed E-state index contributed by atoms with van der Waals surface area (Å²) in [5.41, 5.74) is 0.633. The molecular weight excluding hydrogens is 388 g/mol. The number of benzene rings is 2. The highest BCUT2D eigenvalue weighted by Gasteiger charge is 2.31. The molecule has 5 nitrogen and oxygen atoms in total. The molecule has 3 aromatic rings. The maximum absolute atomic E-state index is 13.9. The van der Waals surface area contributed by atoms with Crippen LogP contribution in [0.5, 0.6) is 0 Å². The Balaban J connectivity index is 1.44. The lowest BCUT2D eigenvalue weighted by Gasteiger charge is -2.37. The first-order chi connectivity index (χ1) is 14.6. The van der Waals surface area contributed by atoms with Crippen LogP contribution in [-0.4, -0.2) is 38.6 Å². The van der Waals surface area contributed by atoms with Gasteiger partial charge in [-0.1, -0.05) is 24.3 Å². The van der Waals surface area contributed by atoms with E-state index in [1.54, 1.807) is 12.3 Å². The molecule has 0 aliphatic carbocycles. The largest absolute Gasteiger partial charge is 0.463 e. The molecule has 7 heteroatoms. The molecule has 1 aliphatic rings. The van der Waals surface area contributed by atoms with Gasteiger partial charge in [0, 0.05) is 5.69 Å². The van der Waals surface area contributed by atoms with Crippen LogP contribution >= 0.6 is 0 Å². The van der Waals surface area contributed by atoms with Gasteiger partial charge in [-0.2, -0.15) is 0 Å². The lowest BCUT2D eigenvalue weighted by Crippen LogP contribution is -3.15. The third-order valence-electron chi connectivity index (χ3n) is 5.56. The summed E-state index contributed by atoms with van der Waals surface area (Å²) in [4.78, 5) is 16.0. The van der Waals surface area contributed by atoms with Crippen LogP contribution in [0.15, 0.2) is 71.3 Å². The Bertz CT molecular complexity index is 951. The minimum Gasteiger partial charge on any atom is -0.463 e. The molecule has 2 heterocycles. The van der Waals surface area contributed by atoms with Crippen molar-refractivity contribution < 1.29 is 22.9 Å². The fourth-order valence-corrected chi connectivity index (χ4v) is 3.97. The van der Waals surface area contributed by atoms with Crippen molar-refractivity contribution in [3.05, 3.63) is 89.9 Å². The molecule has 0 unspecified atom stereocenters. The summed E-state index contributed by atoms with van der Waals surface area (Å²) < 4.78 is 33.5. The van der Waals surface area contributed by atoms with E-state index in [0.717, 1.165) is 44.1 Å². The number of para-hydroxylation sites is 1. The van der Waals surface area contributed by atoms with Crippen LogP contribution in [0.1, 0.15) is 22.2 Å². The second kappa shape index (κ2) is 9.09. The summed E-state index contributed by atoms with van der Waals surface area (Å²) in [6, 6.07) is 17.2. The van der Waals surface area contributed by atoms with Crippen LogP contribution in [0, 0.1) is 11.6 Å². The molecule has 0 radical (unpaired) electrons. The van der Waals surface area contributed by atoms with Crippen LogP contribution in [0.3, 0.4) is 0 Å². The predicted molar refractivity (Wildman–Crippen MR) is 109 cm³/mol. The van der Waals surface area contributed by atoms with E-state index >= 15 is 0 Å². The first kappa shape index (κ1) is 20.1. The molecule has 4 rings (SSSR count). The van der Waals surface area contributed by atoms with Gasteiger partial charge >= 0.3 is 0 Å². The Hall–Kier alpha value is -3.19. The van der Waals surface area contributed by atoms with E-state index in [0.29, 0.717) is 0 Å². The number of anilines is 1. The lowest BCUT2D eigenvalue weighted by molar-refractivity contribution is -0.932. The van der Waals surface area contributed by atoms with Gasteiger partial charge in [-0.15, -0.1) is 0 Å². The van der Waals surface area contributed by atoms with Crippen molar-refractivity contribution >= 4 is 11.6 Å². The monoisotopic (exact) mass is 412 g/mol. The normalized spacial score (nSPS) is 15.7. The summed E-state index contributed by atoms with van der Waals surface area (Å²) in [5, 5.41) is 2.70. The average molecular weight is 412 g/mol. The molecule has 1 atom stereocenters. The summed E-state index contributed by atoms with van der Waals surface area (Å²) in [6.07, 6.45) is 1.60. The predicted octanol–water partition coefficient (Wildman–Crippen LogP) is 2.43. The Morgan fingerprint density at radius 3 is 2.33 bits per heavy atom. The van der Waals surface area contributed by atoms with Gasteiger partial charge in [0.2, 0.25) is 0 Å². The van der Waals surface area contributed by atoms with Gasteiger partial charge in [0.05, 0.1) is 39.0 Å². The number of hydrogen-bond donors (Lipinski definition) is 2. The molecule has 1 aliphatic heterocycles. The van der Waals surface area contributed by atoms with E-state index in [1.807, 2.05) is 24.3 Å². The van der Waals surface area contributed by atoms with E-state index in [9.17, 15) is 13.6 Å². The van der Waals surface area contributed by atoms with E-state index in [-0.39, 0.29) is 12.6 Å². The lowest BCUT2D eigenvalue weighted by atomic mass is 10.1. The zero-order valence-electron chi connectivity index (χ0n) is 16.5. The third-order valence-corrected chi connectivity index (χ3v) is 5.56. The zero-order valence-corrected chi connectivity index (χ0v) is 16.5. The molecule has 1 amide bonds. The van der Waals surface area contributed by atoms with Gasteiger partial charge in [0.15, 0.2) is 11.8 Å². The first-order valence-corrected chi connectivity index (χ1v) is 10.0.